The van der Waals surface area contributed by atoms with Crippen LogP contribution in [0.5, 0.6) is 0 Å². The van der Waals surface area contributed by atoms with Crippen molar-refractivity contribution in [2.75, 3.05) is 6.61 Å². The Morgan fingerprint density at radius 1 is 1.45 bits per heavy atom. The molecule has 0 fully saturated rings. The van der Waals surface area contributed by atoms with Crippen molar-refractivity contribution in [2.24, 2.45) is 4.40 Å². The average molecular weight is 360 g/mol. The third-order valence-electron chi connectivity index (χ3n) is 2.26. The Bertz CT molecular complexity index is 511. The zero-order chi connectivity index (χ0) is 15.3. The summed E-state index contributed by atoms with van der Waals surface area (Å²) in [6, 6.07) is 7.11. The number of benzene rings is 1. The molecule has 1 aromatic rings. The molecule has 0 radical (unpaired) electrons. The number of hydrogen-bond donors (Lipinski definition) is 0. The molecule has 110 valence electrons. The minimum atomic E-state index is -1.53. The summed E-state index contributed by atoms with van der Waals surface area (Å²) in [5.74, 6) is -0.566. The highest BCUT2D eigenvalue weighted by molar-refractivity contribution is 9.10. The Kier molecular flexibility index (Phi) is 6.23. The summed E-state index contributed by atoms with van der Waals surface area (Å²) in [6.45, 7) is 7.37. The van der Waals surface area contributed by atoms with Crippen molar-refractivity contribution in [3.63, 3.8) is 0 Å². The molecule has 0 saturated carbocycles. The molecule has 1 atom stereocenters. The van der Waals surface area contributed by atoms with Crippen molar-refractivity contribution < 1.29 is 14.1 Å². The average Bonchev–Trinajstić information content (AvgIpc) is 2.34. The van der Waals surface area contributed by atoms with Gasteiger partial charge in [-0.15, -0.1) is 0 Å². The van der Waals surface area contributed by atoms with Gasteiger partial charge in [0.05, 0.1) is 6.61 Å². The van der Waals surface area contributed by atoms with Gasteiger partial charge in [-0.2, -0.15) is 0 Å². The van der Waals surface area contributed by atoms with Crippen LogP contribution >= 0.6 is 15.9 Å². The van der Waals surface area contributed by atoms with E-state index in [1.807, 2.05) is 6.07 Å². The first-order valence-electron chi connectivity index (χ1n) is 6.19. The van der Waals surface area contributed by atoms with Crippen molar-refractivity contribution >= 4 is 39.0 Å². The first-order valence-corrected chi connectivity index (χ1v) is 8.09. The van der Waals surface area contributed by atoms with Gasteiger partial charge in [0.15, 0.2) is 0 Å². The van der Waals surface area contributed by atoms with Gasteiger partial charge in [0.25, 0.3) is 0 Å². The molecule has 0 saturated heterocycles. The van der Waals surface area contributed by atoms with E-state index in [9.17, 15) is 9.35 Å². The minimum absolute atomic E-state index is 0.0846. The van der Waals surface area contributed by atoms with Gasteiger partial charge in [-0.1, -0.05) is 32.5 Å². The van der Waals surface area contributed by atoms with Crippen molar-refractivity contribution in [1.29, 1.82) is 0 Å². The van der Waals surface area contributed by atoms with Crippen molar-refractivity contribution in [3.8, 4) is 0 Å². The van der Waals surface area contributed by atoms with Crippen LogP contribution < -0.4 is 0 Å². The molecule has 1 aromatic carbocycles. The molecule has 0 aliphatic heterocycles. The largest absolute Gasteiger partial charge is 0.591 e. The lowest BCUT2D eigenvalue weighted by Crippen LogP contribution is -2.29. The van der Waals surface area contributed by atoms with E-state index in [-0.39, 0.29) is 12.3 Å². The second kappa shape index (κ2) is 7.24. The maximum absolute atomic E-state index is 12.1. The number of rotatable bonds is 4. The number of halogens is 1. The Morgan fingerprint density at radius 2 is 2.10 bits per heavy atom. The van der Waals surface area contributed by atoms with Crippen molar-refractivity contribution in [1.82, 2.24) is 0 Å². The predicted molar refractivity (Wildman–Crippen MR) is 85.2 cm³/mol. The molecule has 4 nitrogen and oxygen atoms in total. The van der Waals surface area contributed by atoms with Gasteiger partial charge in [0.2, 0.25) is 5.71 Å². The zero-order valence-electron chi connectivity index (χ0n) is 12.0. The monoisotopic (exact) mass is 359 g/mol. The molecule has 1 rings (SSSR count). The number of esters is 1. The lowest BCUT2D eigenvalue weighted by atomic mass is 10.1. The maximum atomic E-state index is 12.1. The summed E-state index contributed by atoms with van der Waals surface area (Å²) in [6.07, 6.45) is 0. The summed E-state index contributed by atoms with van der Waals surface area (Å²) in [4.78, 5) is 12.0. The molecule has 0 amide bonds. The number of hydrogen-bond acceptors (Lipinski definition) is 4. The second-order valence-electron chi connectivity index (χ2n) is 5.03. The smallest absolute Gasteiger partial charge is 0.362 e. The molecule has 0 aromatic heterocycles. The van der Waals surface area contributed by atoms with Gasteiger partial charge in [-0.3, -0.25) is 0 Å². The van der Waals surface area contributed by atoms with Crippen LogP contribution in [0.2, 0.25) is 0 Å². The Morgan fingerprint density at radius 3 is 2.60 bits per heavy atom. The van der Waals surface area contributed by atoms with Gasteiger partial charge in [0.1, 0.15) is 16.1 Å². The lowest BCUT2D eigenvalue weighted by molar-refractivity contribution is -0.134. The SMILES string of the molecule is CCOC(=O)/C(=N/[S+]([O-])C(C)(C)C)c1cccc(Br)c1. The van der Waals surface area contributed by atoms with E-state index in [4.69, 9.17) is 4.74 Å². The van der Waals surface area contributed by atoms with E-state index < -0.39 is 22.1 Å². The van der Waals surface area contributed by atoms with E-state index in [2.05, 4.69) is 20.3 Å². The van der Waals surface area contributed by atoms with Crippen LogP contribution in [0.25, 0.3) is 0 Å². The molecule has 0 aliphatic carbocycles. The van der Waals surface area contributed by atoms with Crippen molar-refractivity contribution in [3.05, 3.63) is 34.3 Å². The number of nitrogens with zero attached hydrogens (tertiary/aromatic N) is 1. The highest BCUT2D eigenvalue weighted by atomic mass is 79.9. The Hall–Kier alpha value is -0.850. The lowest BCUT2D eigenvalue weighted by Gasteiger charge is -2.19. The highest BCUT2D eigenvalue weighted by Crippen LogP contribution is 2.20. The quantitative estimate of drug-likeness (QED) is 0.470. The van der Waals surface area contributed by atoms with Crippen LogP contribution in [0.4, 0.5) is 0 Å². The summed E-state index contributed by atoms with van der Waals surface area (Å²) in [5.41, 5.74) is 0.664. The molecule has 0 aliphatic rings. The van der Waals surface area contributed by atoms with Crippen LogP contribution in [0.15, 0.2) is 33.1 Å². The minimum Gasteiger partial charge on any atom is -0.591 e. The maximum Gasteiger partial charge on any atom is 0.362 e. The molecule has 6 heteroatoms. The topological polar surface area (TPSA) is 61.7 Å². The molecule has 0 spiro atoms. The standard InChI is InChI=1S/C14H18BrNO3S/c1-5-19-13(17)12(16-20(18)14(2,3)4)10-7-6-8-11(15)9-10/h6-9H,5H2,1-4H3/b16-12+. The van der Waals surface area contributed by atoms with Gasteiger partial charge in [-0.05, 0) is 39.8 Å². The fraction of sp³-hybridized carbons (Fsp3) is 0.429. The third kappa shape index (κ3) is 4.92. The van der Waals surface area contributed by atoms with Crippen molar-refractivity contribution in [2.45, 2.75) is 32.4 Å². The zero-order valence-corrected chi connectivity index (χ0v) is 14.4. The summed E-state index contributed by atoms with van der Waals surface area (Å²) >= 11 is 1.81. The predicted octanol–water partition coefficient (Wildman–Crippen LogP) is 3.26. The first kappa shape index (κ1) is 17.2. The van der Waals surface area contributed by atoms with Crippen LogP contribution in [0.3, 0.4) is 0 Å². The molecular formula is C14H18BrNO3S. The van der Waals surface area contributed by atoms with Crippen LogP contribution in [-0.4, -0.2) is 27.6 Å². The number of carbonyl (C=O) groups is 1. The second-order valence-corrected chi connectivity index (χ2v) is 7.85. The van der Waals surface area contributed by atoms with E-state index >= 15 is 0 Å². The molecule has 0 bridgehead atoms. The van der Waals surface area contributed by atoms with Crippen LogP contribution in [-0.2, 0) is 20.9 Å². The van der Waals surface area contributed by atoms with Gasteiger partial charge in [0, 0.05) is 10.0 Å². The molecule has 1 unspecified atom stereocenters. The van der Waals surface area contributed by atoms with Crippen LogP contribution in [0.1, 0.15) is 33.3 Å². The van der Waals surface area contributed by atoms with Gasteiger partial charge in [-0.25, -0.2) is 4.79 Å². The van der Waals surface area contributed by atoms with E-state index in [1.54, 1.807) is 45.9 Å². The third-order valence-corrected chi connectivity index (χ3v) is 4.15. The highest BCUT2D eigenvalue weighted by Gasteiger charge is 2.29. The van der Waals surface area contributed by atoms with Gasteiger partial charge >= 0.3 is 5.97 Å². The van der Waals surface area contributed by atoms with E-state index in [0.29, 0.717) is 5.56 Å². The fourth-order valence-corrected chi connectivity index (χ4v) is 2.28. The molecule has 20 heavy (non-hydrogen) atoms. The van der Waals surface area contributed by atoms with Crippen LogP contribution in [0, 0.1) is 0 Å². The summed E-state index contributed by atoms with van der Waals surface area (Å²) in [7, 11) is 0. The summed E-state index contributed by atoms with van der Waals surface area (Å²) in [5, 5.41) is 0. The molecule has 0 heterocycles. The normalized spacial score (nSPS) is 14.0. The number of ether oxygens (including phenoxy) is 1. The molecule has 0 N–H and O–H groups in total. The Balaban J connectivity index is 3.22. The molecular weight excluding hydrogens is 342 g/mol. The fourth-order valence-electron chi connectivity index (χ4n) is 1.26. The summed E-state index contributed by atoms with van der Waals surface area (Å²) < 4.78 is 21.5. The van der Waals surface area contributed by atoms with E-state index in [1.165, 1.54) is 0 Å². The first-order chi connectivity index (χ1) is 9.25. The van der Waals surface area contributed by atoms with E-state index in [0.717, 1.165) is 4.47 Å². The Labute approximate surface area is 131 Å². The number of carbonyl (C=O) groups excluding carboxylic acids is 1. The van der Waals surface area contributed by atoms with Gasteiger partial charge < -0.3 is 9.29 Å².